The molecule has 0 aromatic rings. The first-order valence-electron chi connectivity index (χ1n) is 7.94. The lowest BCUT2D eigenvalue weighted by Crippen LogP contribution is -2.50. The molecule has 1 heterocycles. The molecule has 0 radical (unpaired) electrons. The third-order valence-corrected chi connectivity index (χ3v) is 4.49. The molecule has 2 fully saturated rings. The van der Waals surface area contributed by atoms with E-state index in [4.69, 9.17) is 0 Å². The molecule has 0 aromatic carbocycles. The molecule has 1 amide bonds. The van der Waals surface area contributed by atoms with Crippen LogP contribution in [-0.2, 0) is 4.79 Å². The van der Waals surface area contributed by atoms with E-state index in [1.54, 1.807) is 6.08 Å². The van der Waals surface area contributed by atoms with Crippen LogP contribution in [0.2, 0.25) is 0 Å². The molecular weight excluding hydrogens is 236 g/mol. The van der Waals surface area contributed by atoms with Gasteiger partial charge in [-0.1, -0.05) is 31.8 Å². The van der Waals surface area contributed by atoms with Crippen molar-refractivity contribution in [3.05, 3.63) is 12.7 Å². The number of hydrogen-bond acceptors (Lipinski definition) is 2. The molecule has 0 unspecified atom stereocenters. The van der Waals surface area contributed by atoms with E-state index in [2.05, 4.69) is 16.8 Å². The van der Waals surface area contributed by atoms with Gasteiger partial charge < -0.3 is 5.32 Å². The van der Waals surface area contributed by atoms with Crippen LogP contribution in [0, 0.1) is 0 Å². The van der Waals surface area contributed by atoms with Gasteiger partial charge in [-0.25, -0.2) is 0 Å². The molecule has 2 aliphatic rings. The van der Waals surface area contributed by atoms with Crippen molar-refractivity contribution in [2.45, 2.75) is 69.9 Å². The van der Waals surface area contributed by atoms with Crippen molar-refractivity contribution >= 4 is 5.91 Å². The number of rotatable bonds is 4. The van der Waals surface area contributed by atoms with Crippen LogP contribution < -0.4 is 5.32 Å². The van der Waals surface area contributed by atoms with Crippen molar-refractivity contribution < 1.29 is 4.79 Å². The van der Waals surface area contributed by atoms with Crippen LogP contribution in [-0.4, -0.2) is 36.0 Å². The normalized spacial score (nSPS) is 26.6. The lowest BCUT2D eigenvalue weighted by Gasteiger charge is -2.38. The van der Waals surface area contributed by atoms with E-state index in [1.807, 2.05) is 0 Å². The zero-order valence-electron chi connectivity index (χ0n) is 12.1. The summed E-state index contributed by atoms with van der Waals surface area (Å²) in [6.07, 6.45) is 12.8. The van der Waals surface area contributed by atoms with E-state index in [-0.39, 0.29) is 5.91 Å². The number of carbonyl (C=O) groups is 1. The van der Waals surface area contributed by atoms with Crippen molar-refractivity contribution in [1.29, 1.82) is 0 Å². The predicted molar refractivity (Wildman–Crippen MR) is 79.0 cm³/mol. The molecule has 3 nitrogen and oxygen atoms in total. The molecule has 1 saturated heterocycles. The molecule has 0 bridgehead atoms. The van der Waals surface area contributed by atoms with Gasteiger partial charge in [-0.05, 0) is 32.2 Å². The summed E-state index contributed by atoms with van der Waals surface area (Å²) in [5.41, 5.74) is 0. The average molecular weight is 264 g/mol. The van der Waals surface area contributed by atoms with E-state index in [0.29, 0.717) is 12.5 Å². The van der Waals surface area contributed by atoms with Gasteiger partial charge in [0, 0.05) is 25.0 Å². The van der Waals surface area contributed by atoms with E-state index in [9.17, 15) is 4.79 Å². The minimum atomic E-state index is 0.128. The van der Waals surface area contributed by atoms with Crippen LogP contribution in [0.5, 0.6) is 0 Å². The second-order valence-electron chi connectivity index (χ2n) is 6.04. The summed E-state index contributed by atoms with van der Waals surface area (Å²) in [6.45, 7) is 5.89. The topological polar surface area (TPSA) is 32.3 Å². The molecule has 0 spiro atoms. The fraction of sp³-hybridized carbons (Fsp3) is 0.812. The predicted octanol–water partition coefficient (Wildman–Crippen LogP) is 2.87. The lowest BCUT2D eigenvalue weighted by molar-refractivity contribution is -0.121. The minimum Gasteiger partial charge on any atom is -0.352 e. The lowest BCUT2D eigenvalue weighted by atomic mass is 10.00. The van der Waals surface area contributed by atoms with Gasteiger partial charge in [0.2, 0.25) is 5.91 Å². The fourth-order valence-electron chi connectivity index (χ4n) is 3.50. The number of nitrogens with zero attached hydrogens (tertiary/aromatic N) is 1. The monoisotopic (exact) mass is 264 g/mol. The molecule has 19 heavy (non-hydrogen) atoms. The largest absolute Gasteiger partial charge is 0.352 e. The molecule has 2 rings (SSSR count). The number of carbonyl (C=O) groups excluding carboxylic acids is 1. The third-order valence-electron chi connectivity index (χ3n) is 4.49. The Morgan fingerprint density at radius 3 is 2.58 bits per heavy atom. The van der Waals surface area contributed by atoms with Crippen LogP contribution >= 0.6 is 0 Å². The minimum absolute atomic E-state index is 0.128. The first-order chi connectivity index (χ1) is 9.29. The van der Waals surface area contributed by atoms with Crippen molar-refractivity contribution in [3.63, 3.8) is 0 Å². The van der Waals surface area contributed by atoms with Gasteiger partial charge in [0.05, 0.1) is 0 Å². The molecule has 1 saturated carbocycles. The van der Waals surface area contributed by atoms with Crippen LogP contribution in [0.25, 0.3) is 0 Å². The second kappa shape index (κ2) is 7.68. The highest BCUT2D eigenvalue weighted by Crippen LogP contribution is 2.24. The maximum absolute atomic E-state index is 11.6. The number of amides is 1. The molecule has 108 valence electrons. The van der Waals surface area contributed by atoms with Crippen LogP contribution in [0.4, 0.5) is 0 Å². The van der Waals surface area contributed by atoms with Crippen molar-refractivity contribution in [3.8, 4) is 0 Å². The van der Waals surface area contributed by atoms with Crippen LogP contribution in [0.15, 0.2) is 12.7 Å². The standard InChI is InChI=1S/C16H28N2O/c1-2-8-16(19)17-14-9-7-12-18(13-14)15-10-5-3-4-6-11-15/h2,14-15H,1,3-13H2,(H,17,19)/t14-/m1/s1. The summed E-state index contributed by atoms with van der Waals surface area (Å²) in [5.74, 6) is 0.128. The molecule has 3 heteroatoms. The molecule has 1 atom stereocenters. The maximum Gasteiger partial charge on any atom is 0.224 e. The van der Waals surface area contributed by atoms with Gasteiger partial charge in [-0.2, -0.15) is 0 Å². The molecular formula is C16H28N2O. The Bertz CT molecular complexity index is 295. The number of likely N-dealkylation sites (tertiary alicyclic amines) is 1. The van der Waals surface area contributed by atoms with E-state index in [0.717, 1.165) is 19.0 Å². The molecule has 0 aromatic heterocycles. The first kappa shape index (κ1) is 14.6. The summed E-state index contributed by atoms with van der Waals surface area (Å²) in [7, 11) is 0. The Labute approximate surface area is 117 Å². The Morgan fingerprint density at radius 1 is 1.16 bits per heavy atom. The Hall–Kier alpha value is -0.830. The molecule has 1 N–H and O–H groups in total. The van der Waals surface area contributed by atoms with Crippen molar-refractivity contribution in [1.82, 2.24) is 10.2 Å². The Balaban J connectivity index is 1.82. The Kier molecular flexibility index (Phi) is 5.90. The van der Waals surface area contributed by atoms with E-state index >= 15 is 0 Å². The van der Waals surface area contributed by atoms with Crippen molar-refractivity contribution in [2.75, 3.05) is 13.1 Å². The summed E-state index contributed by atoms with van der Waals surface area (Å²) in [5, 5.41) is 3.15. The van der Waals surface area contributed by atoms with Gasteiger partial charge in [0.25, 0.3) is 0 Å². The average Bonchev–Trinajstić information content (AvgIpc) is 2.68. The van der Waals surface area contributed by atoms with Crippen molar-refractivity contribution in [2.24, 2.45) is 0 Å². The van der Waals surface area contributed by atoms with E-state index < -0.39 is 0 Å². The number of nitrogens with one attached hydrogen (secondary N) is 1. The van der Waals surface area contributed by atoms with Gasteiger partial charge in [-0.15, -0.1) is 6.58 Å². The quantitative estimate of drug-likeness (QED) is 0.625. The maximum atomic E-state index is 11.6. The zero-order valence-corrected chi connectivity index (χ0v) is 12.1. The van der Waals surface area contributed by atoms with Crippen LogP contribution in [0.3, 0.4) is 0 Å². The molecule has 1 aliphatic heterocycles. The fourth-order valence-corrected chi connectivity index (χ4v) is 3.50. The van der Waals surface area contributed by atoms with Gasteiger partial charge in [-0.3, -0.25) is 9.69 Å². The number of hydrogen-bond donors (Lipinski definition) is 1. The smallest absolute Gasteiger partial charge is 0.224 e. The summed E-state index contributed by atoms with van der Waals surface area (Å²) in [6, 6.07) is 1.12. The zero-order chi connectivity index (χ0) is 13.5. The highest BCUT2D eigenvalue weighted by Gasteiger charge is 2.26. The first-order valence-corrected chi connectivity index (χ1v) is 7.94. The SMILES string of the molecule is C=CCC(=O)N[C@@H]1CCCN(C2CCCCCC2)C1. The summed E-state index contributed by atoms with van der Waals surface area (Å²) in [4.78, 5) is 14.3. The van der Waals surface area contributed by atoms with Gasteiger partial charge in [0.1, 0.15) is 0 Å². The molecule has 1 aliphatic carbocycles. The second-order valence-corrected chi connectivity index (χ2v) is 6.04. The number of piperidine rings is 1. The highest BCUT2D eigenvalue weighted by atomic mass is 16.1. The summed E-state index contributed by atoms with van der Waals surface area (Å²) >= 11 is 0. The van der Waals surface area contributed by atoms with Crippen LogP contribution in [0.1, 0.15) is 57.8 Å². The van der Waals surface area contributed by atoms with Gasteiger partial charge in [0.15, 0.2) is 0 Å². The Morgan fingerprint density at radius 2 is 1.89 bits per heavy atom. The highest BCUT2D eigenvalue weighted by molar-refractivity contribution is 5.77. The van der Waals surface area contributed by atoms with E-state index in [1.165, 1.54) is 51.5 Å². The third kappa shape index (κ3) is 4.64. The summed E-state index contributed by atoms with van der Waals surface area (Å²) < 4.78 is 0. The van der Waals surface area contributed by atoms with Gasteiger partial charge >= 0.3 is 0 Å².